The van der Waals surface area contributed by atoms with Crippen LogP contribution in [0.3, 0.4) is 0 Å². The van der Waals surface area contributed by atoms with Crippen LogP contribution in [-0.2, 0) is 14.3 Å². The van der Waals surface area contributed by atoms with Crippen LogP contribution in [0.5, 0.6) is 0 Å². The number of ketones is 1. The number of hydrogen-bond acceptors (Lipinski definition) is 4. The van der Waals surface area contributed by atoms with Crippen molar-refractivity contribution in [3.05, 3.63) is 0 Å². The molecular weight excluding hydrogens is 244 g/mol. The highest BCUT2D eigenvalue weighted by atomic mass is 16.6. The maximum absolute atomic E-state index is 12.3. The molecule has 1 aliphatic heterocycles. The van der Waals surface area contributed by atoms with Gasteiger partial charge in [0, 0.05) is 12.3 Å². The molecule has 4 heteroatoms. The Balaban J connectivity index is 2.04. The fourth-order valence-corrected chi connectivity index (χ4v) is 4.75. The number of hydrogen-bond donors (Lipinski definition) is 1. The summed E-state index contributed by atoms with van der Waals surface area (Å²) in [5.74, 6) is -0.0910. The molecule has 6 unspecified atom stereocenters. The second-order valence-corrected chi connectivity index (χ2v) is 6.85. The number of esters is 1. The first-order chi connectivity index (χ1) is 8.87. The highest BCUT2D eigenvalue weighted by Crippen LogP contribution is 2.55. The van der Waals surface area contributed by atoms with Crippen molar-refractivity contribution in [3.8, 4) is 0 Å². The van der Waals surface area contributed by atoms with Gasteiger partial charge in [-0.25, -0.2) is 0 Å². The number of aliphatic hydroxyl groups is 1. The average Bonchev–Trinajstić information content (AvgIpc) is 2.77. The summed E-state index contributed by atoms with van der Waals surface area (Å²) in [4.78, 5) is 24.1. The van der Waals surface area contributed by atoms with Crippen molar-refractivity contribution in [1.29, 1.82) is 0 Å². The molecule has 1 saturated heterocycles. The summed E-state index contributed by atoms with van der Waals surface area (Å²) >= 11 is 0. The van der Waals surface area contributed by atoms with Crippen molar-refractivity contribution in [1.82, 2.24) is 0 Å². The molecule has 1 heterocycles. The molecule has 0 bridgehead atoms. The minimum absolute atomic E-state index is 0.157. The third kappa shape index (κ3) is 1.55. The maximum Gasteiger partial charge on any atom is 0.309 e. The second kappa shape index (κ2) is 4.05. The monoisotopic (exact) mass is 266 g/mol. The number of Topliss-reactive ketones (excluding diaryl/α,β-unsaturated/α-hetero) is 1. The van der Waals surface area contributed by atoms with Gasteiger partial charge in [0.25, 0.3) is 0 Å². The van der Waals surface area contributed by atoms with Crippen LogP contribution in [0.4, 0.5) is 0 Å². The van der Waals surface area contributed by atoms with Gasteiger partial charge in [-0.3, -0.25) is 9.59 Å². The Hall–Kier alpha value is -0.900. The van der Waals surface area contributed by atoms with Crippen LogP contribution in [0.15, 0.2) is 0 Å². The van der Waals surface area contributed by atoms with Crippen molar-refractivity contribution in [2.75, 3.05) is 0 Å². The van der Waals surface area contributed by atoms with Gasteiger partial charge in [0.1, 0.15) is 11.9 Å². The van der Waals surface area contributed by atoms with Crippen molar-refractivity contribution < 1.29 is 19.4 Å². The van der Waals surface area contributed by atoms with E-state index in [1.165, 1.54) is 0 Å². The van der Waals surface area contributed by atoms with Gasteiger partial charge >= 0.3 is 5.97 Å². The molecule has 0 aromatic heterocycles. The van der Waals surface area contributed by atoms with Gasteiger partial charge in [0.05, 0.1) is 17.4 Å². The predicted molar refractivity (Wildman–Crippen MR) is 68.2 cm³/mol. The molecule has 3 rings (SSSR count). The van der Waals surface area contributed by atoms with E-state index in [0.717, 1.165) is 12.8 Å². The minimum atomic E-state index is -0.760. The summed E-state index contributed by atoms with van der Waals surface area (Å²) in [7, 11) is 0. The smallest absolute Gasteiger partial charge is 0.309 e. The Morgan fingerprint density at radius 3 is 2.68 bits per heavy atom. The van der Waals surface area contributed by atoms with E-state index in [9.17, 15) is 14.7 Å². The molecule has 106 valence electrons. The van der Waals surface area contributed by atoms with Crippen LogP contribution in [-0.4, -0.2) is 29.1 Å². The molecule has 0 spiro atoms. The Labute approximate surface area is 113 Å². The van der Waals surface area contributed by atoms with E-state index in [0.29, 0.717) is 12.3 Å². The van der Waals surface area contributed by atoms with Gasteiger partial charge in [-0.15, -0.1) is 0 Å². The lowest BCUT2D eigenvalue weighted by molar-refractivity contribution is -0.145. The maximum atomic E-state index is 12.3. The van der Waals surface area contributed by atoms with E-state index in [1.807, 2.05) is 13.8 Å². The van der Waals surface area contributed by atoms with Crippen LogP contribution in [0, 0.1) is 29.1 Å². The number of ether oxygens (including phenoxy) is 1. The molecule has 2 saturated carbocycles. The van der Waals surface area contributed by atoms with E-state index in [4.69, 9.17) is 4.74 Å². The minimum Gasteiger partial charge on any atom is -0.462 e. The van der Waals surface area contributed by atoms with E-state index in [2.05, 4.69) is 6.92 Å². The topological polar surface area (TPSA) is 63.6 Å². The van der Waals surface area contributed by atoms with E-state index < -0.39 is 11.5 Å². The summed E-state index contributed by atoms with van der Waals surface area (Å²) < 4.78 is 5.43. The van der Waals surface area contributed by atoms with Crippen LogP contribution in [0.25, 0.3) is 0 Å². The molecule has 3 fully saturated rings. The van der Waals surface area contributed by atoms with Crippen LogP contribution < -0.4 is 0 Å². The SMILES string of the molecule is CC1CC2OC(=O)C(C)C2C(O)[C@]2(C)C(=O)CCC12. The lowest BCUT2D eigenvalue weighted by Gasteiger charge is -2.37. The molecule has 19 heavy (non-hydrogen) atoms. The lowest BCUT2D eigenvalue weighted by atomic mass is 9.67. The Bertz CT molecular complexity index is 432. The van der Waals surface area contributed by atoms with Gasteiger partial charge in [0.15, 0.2) is 0 Å². The summed E-state index contributed by atoms with van der Waals surface area (Å²) in [6.07, 6.45) is 1.20. The summed E-state index contributed by atoms with van der Waals surface area (Å²) in [6, 6.07) is 0. The van der Waals surface area contributed by atoms with Gasteiger partial charge in [-0.05, 0) is 31.6 Å². The Kier molecular flexibility index (Phi) is 2.79. The van der Waals surface area contributed by atoms with Crippen molar-refractivity contribution >= 4 is 11.8 Å². The van der Waals surface area contributed by atoms with Gasteiger partial charge < -0.3 is 9.84 Å². The molecule has 0 aromatic carbocycles. The predicted octanol–water partition coefficient (Wildman–Crippen LogP) is 1.55. The van der Waals surface area contributed by atoms with Crippen LogP contribution in [0.2, 0.25) is 0 Å². The standard InChI is InChI=1S/C15H22O4/c1-7-6-10-12(8(2)14(18)19-10)13(17)15(3)9(7)4-5-11(15)16/h7-10,12-13,17H,4-6H2,1-3H3/t7?,8?,9?,10?,12?,13?,15-/m0/s1. The summed E-state index contributed by atoms with van der Waals surface area (Å²) in [6.45, 7) is 5.82. The number of carbonyl (C=O) groups excluding carboxylic acids is 2. The molecule has 2 aliphatic carbocycles. The first-order valence-corrected chi connectivity index (χ1v) is 7.29. The second-order valence-electron chi connectivity index (χ2n) is 6.85. The zero-order valence-electron chi connectivity index (χ0n) is 11.8. The molecule has 0 radical (unpaired) electrons. The highest BCUT2D eigenvalue weighted by molar-refractivity contribution is 5.88. The first-order valence-electron chi connectivity index (χ1n) is 7.29. The first kappa shape index (κ1) is 13.1. The van der Waals surface area contributed by atoms with E-state index in [1.54, 1.807) is 0 Å². The lowest BCUT2D eigenvalue weighted by Crippen LogP contribution is -2.47. The normalized spacial score (nSPS) is 53.5. The molecule has 0 amide bonds. The number of aliphatic hydroxyl groups excluding tert-OH is 1. The molecule has 1 N–H and O–H groups in total. The largest absolute Gasteiger partial charge is 0.462 e. The third-order valence-corrected chi connectivity index (χ3v) is 5.97. The van der Waals surface area contributed by atoms with Crippen LogP contribution >= 0.6 is 0 Å². The fourth-order valence-electron chi connectivity index (χ4n) is 4.75. The van der Waals surface area contributed by atoms with Crippen LogP contribution in [0.1, 0.15) is 40.0 Å². The zero-order chi connectivity index (χ0) is 13.9. The molecule has 7 atom stereocenters. The Morgan fingerprint density at radius 2 is 2.00 bits per heavy atom. The quantitative estimate of drug-likeness (QED) is 0.676. The summed E-state index contributed by atoms with van der Waals surface area (Å²) in [5, 5.41) is 10.8. The zero-order valence-corrected chi connectivity index (χ0v) is 11.8. The molecule has 4 nitrogen and oxygen atoms in total. The van der Waals surface area contributed by atoms with Gasteiger partial charge in [-0.1, -0.05) is 13.8 Å². The molecule has 0 aromatic rings. The molecule has 3 aliphatic rings. The Morgan fingerprint density at radius 1 is 1.32 bits per heavy atom. The van der Waals surface area contributed by atoms with Crippen molar-refractivity contribution in [3.63, 3.8) is 0 Å². The van der Waals surface area contributed by atoms with E-state index in [-0.39, 0.29) is 35.6 Å². The van der Waals surface area contributed by atoms with Crippen molar-refractivity contribution in [2.24, 2.45) is 29.1 Å². The van der Waals surface area contributed by atoms with Gasteiger partial charge in [-0.2, -0.15) is 0 Å². The average molecular weight is 266 g/mol. The molecular formula is C15H22O4. The number of fused-ring (bicyclic) bond motifs is 2. The highest BCUT2D eigenvalue weighted by Gasteiger charge is 2.61. The number of rotatable bonds is 0. The number of carbonyl (C=O) groups is 2. The van der Waals surface area contributed by atoms with Crippen molar-refractivity contribution in [2.45, 2.75) is 52.2 Å². The third-order valence-electron chi connectivity index (χ3n) is 5.97. The van der Waals surface area contributed by atoms with Gasteiger partial charge in [0.2, 0.25) is 0 Å². The summed E-state index contributed by atoms with van der Waals surface area (Å²) in [5.41, 5.74) is -0.693. The van der Waals surface area contributed by atoms with E-state index >= 15 is 0 Å². The fraction of sp³-hybridized carbons (Fsp3) is 0.867.